The molecule has 0 radical (unpaired) electrons. The Morgan fingerprint density at radius 1 is 1.50 bits per heavy atom. The summed E-state index contributed by atoms with van der Waals surface area (Å²) in [6.45, 7) is 0. The Kier molecular flexibility index (Phi) is 3.73. The Morgan fingerprint density at radius 3 is 2.71 bits per heavy atom. The second-order valence-electron chi connectivity index (χ2n) is 2.56. The minimum Gasteiger partial charge on any atom is -0.269 e. The van der Waals surface area contributed by atoms with Crippen molar-refractivity contribution in [3.8, 4) is 0 Å². The van der Waals surface area contributed by atoms with Crippen LogP contribution in [0.1, 0.15) is 0 Å². The van der Waals surface area contributed by atoms with Gasteiger partial charge in [0, 0.05) is 12.5 Å². The number of pyridine rings is 1. The molecule has 5 nitrogen and oxygen atoms in total. The predicted molar refractivity (Wildman–Crippen MR) is 51.4 cm³/mol. The van der Waals surface area contributed by atoms with Crippen LogP contribution in [0.5, 0.6) is 0 Å². The SMILES string of the molecule is CS(=O)(=O)COS(=O)c1ccccn1. The van der Waals surface area contributed by atoms with Crippen molar-refractivity contribution in [1.82, 2.24) is 4.98 Å². The molecule has 0 aliphatic rings. The molecule has 1 rings (SSSR count). The zero-order valence-corrected chi connectivity index (χ0v) is 9.05. The van der Waals surface area contributed by atoms with E-state index in [0.717, 1.165) is 6.26 Å². The van der Waals surface area contributed by atoms with Gasteiger partial charge in [0.25, 0.3) is 0 Å². The Labute approximate surface area is 84.7 Å². The number of nitrogens with zero attached hydrogens (tertiary/aromatic N) is 1. The quantitative estimate of drug-likeness (QED) is 0.741. The van der Waals surface area contributed by atoms with Crippen LogP contribution in [-0.2, 0) is 25.1 Å². The first-order valence-electron chi connectivity index (χ1n) is 3.63. The highest BCUT2D eigenvalue weighted by molar-refractivity contribution is 7.91. The van der Waals surface area contributed by atoms with Gasteiger partial charge in [-0.05, 0) is 12.1 Å². The van der Waals surface area contributed by atoms with Gasteiger partial charge < -0.3 is 0 Å². The number of hydrogen-bond donors (Lipinski definition) is 0. The van der Waals surface area contributed by atoms with Crippen molar-refractivity contribution in [2.45, 2.75) is 5.03 Å². The fourth-order valence-corrected chi connectivity index (χ4v) is 2.14. The molecule has 0 amide bonds. The molecule has 78 valence electrons. The van der Waals surface area contributed by atoms with E-state index in [9.17, 15) is 12.6 Å². The standard InChI is InChI=1S/C7H9NO4S2/c1-14(10,11)6-12-13(9)7-4-2-3-5-8-7/h2-5H,6H2,1H3. The summed E-state index contributed by atoms with van der Waals surface area (Å²) in [4.78, 5) is 3.76. The molecule has 0 saturated carbocycles. The smallest absolute Gasteiger partial charge is 0.209 e. The molecule has 1 aromatic heterocycles. The summed E-state index contributed by atoms with van der Waals surface area (Å²) in [5, 5.41) is 0.205. The summed E-state index contributed by atoms with van der Waals surface area (Å²) >= 11 is -1.82. The lowest BCUT2D eigenvalue weighted by molar-refractivity contribution is 0.406. The molecule has 1 aromatic rings. The van der Waals surface area contributed by atoms with Gasteiger partial charge in [-0.25, -0.2) is 17.6 Å². The molecule has 1 heterocycles. The minimum absolute atomic E-state index is 0.205. The minimum atomic E-state index is -3.27. The molecule has 0 aliphatic heterocycles. The maximum absolute atomic E-state index is 11.3. The molecule has 7 heteroatoms. The van der Waals surface area contributed by atoms with Crippen molar-refractivity contribution >= 4 is 20.9 Å². The van der Waals surface area contributed by atoms with Crippen molar-refractivity contribution in [3.05, 3.63) is 24.4 Å². The summed E-state index contributed by atoms with van der Waals surface area (Å²) < 4.78 is 37.2. The normalized spacial score (nSPS) is 13.8. The molecule has 0 aliphatic carbocycles. The van der Waals surface area contributed by atoms with Crippen molar-refractivity contribution in [3.63, 3.8) is 0 Å². The van der Waals surface area contributed by atoms with E-state index in [0.29, 0.717) is 0 Å². The summed E-state index contributed by atoms with van der Waals surface area (Å²) in [5.74, 6) is -0.573. The molecular weight excluding hydrogens is 226 g/mol. The molecule has 14 heavy (non-hydrogen) atoms. The lowest BCUT2D eigenvalue weighted by atomic mass is 10.5. The molecule has 0 aromatic carbocycles. The molecule has 0 N–H and O–H groups in total. The van der Waals surface area contributed by atoms with Crippen LogP contribution in [-0.4, -0.2) is 29.8 Å². The van der Waals surface area contributed by atoms with Gasteiger partial charge in [0.05, 0.1) is 0 Å². The zero-order valence-electron chi connectivity index (χ0n) is 7.41. The Bertz CT molecular complexity index is 415. The van der Waals surface area contributed by atoms with Gasteiger partial charge in [-0.2, -0.15) is 0 Å². The van der Waals surface area contributed by atoms with Gasteiger partial charge in [0.2, 0.25) is 11.1 Å². The van der Waals surface area contributed by atoms with E-state index in [4.69, 9.17) is 0 Å². The van der Waals surface area contributed by atoms with E-state index in [1.54, 1.807) is 12.1 Å². The van der Waals surface area contributed by atoms with Crippen molar-refractivity contribution in [2.75, 3.05) is 12.2 Å². The molecular formula is C7H9NO4S2. The number of sulfone groups is 1. The Balaban J connectivity index is 2.61. The van der Waals surface area contributed by atoms with E-state index in [1.807, 2.05) is 0 Å². The highest BCUT2D eigenvalue weighted by atomic mass is 32.2. The second-order valence-corrected chi connectivity index (χ2v) is 5.77. The van der Waals surface area contributed by atoms with E-state index in [-0.39, 0.29) is 5.03 Å². The van der Waals surface area contributed by atoms with Crippen LogP contribution in [0.25, 0.3) is 0 Å². The van der Waals surface area contributed by atoms with Gasteiger partial charge >= 0.3 is 0 Å². The molecule has 1 atom stereocenters. The molecule has 1 unspecified atom stereocenters. The number of rotatable bonds is 4. The van der Waals surface area contributed by atoms with Gasteiger partial charge in [-0.15, -0.1) is 0 Å². The molecule has 0 spiro atoms. The van der Waals surface area contributed by atoms with Gasteiger partial charge in [0.1, 0.15) is 0 Å². The van der Waals surface area contributed by atoms with E-state index < -0.39 is 26.9 Å². The first-order valence-corrected chi connectivity index (χ1v) is 6.76. The number of aromatic nitrogens is 1. The molecule has 0 bridgehead atoms. The van der Waals surface area contributed by atoms with Gasteiger partial charge in [0.15, 0.2) is 20.8 Å². The van der Waals surface area contributed by atoms with Gasteiger partial charge in [-0.1, -0.05) is 6.07 Å². The van der Waals surface area contributed by atoms with Crippen molar-refractivity contribution < 1.29 is 16.8 Å². The first kappa shape index (κ1) is 11.3. The van der Waals surface area contributed by atoms with E-state index in [2.05, 4.69) is 9.17 Å². The third kappa shape index (κ3) is 3.95. The largest absolute Gasteiger partial charge is 0.269 e. The maximum Gasteiger partial charge on any atom is 0.209 e. The number of hydrogen-bond acceptors (Lipinski definition) is 5. The predicted octanol–water partition coefficient (Wildman–Crippen LogP) is 0.123. The highest BCUT2D eigenvalue weighted by Crippen LogP contribution is 2.03. The van der Waals surface area contributed by atoms with Crippen molar-refractivity contribution in [1.29, 1.82) is 0 Å². The summed E-state index contributed by atoms with van der Waals surface area (Å²) in [6.07, 6.45) is 2.46. The second kappa shape index (κ2) is 4.63. The Hall–Kier alpha value is -0.790. The van der Waals surface area contributed by atoms with Crippen LogP contribution in [0.2, 0.25) is 0 Å². The monoisotopic (exact) mass is 235 g/mol. The summed E-state index contributed by atoms with van der Waals surface area (Å²) in [6, 6.07) is 4.81. The van der Waals surface area contributed by atoms with Crippen molar-refractivity contribution in [2.24, 2.45) is 0 Å². The van der Waals surface area contributed by atoms with Crippen LogP contribution in [0, 0.1) is 0 Å². The third-order valence-electron chi connectivity index (χ3n) is 1.18. The fourth-order valence-electron chi connectivity index (χ4n) is 0.637. The fraction of sp³-hybridized carbons (Fsp3) is 0.286. The summed E-state index contributed by atoms with van der Waals surface area (Å²) in [7, 11) is -3.27. The first-order chi connectivity index (χ1) is 6.49. The van der Waals surface area contributed by atoms with Crippen LogP contribution in [0.3, 0.4) is 0 Å². The van der Waals surface area contributed by atoms with Crippen LogP contribution in [0.15, 0.2) is 29.4 Å². The lowest BCUT2D eigenvalue weighted by Gasteiger charge is -2.00. The molecule has 0 saturated heterocycles. The third-order valence-corrected chi connectivity index (χ3v) is 2.79. The summed E-state index contributed by atoms with van der Waals surface area (Å²) in [5.41, 5.74) is 0. The van der Waals surface area contributed by atoms with Crippen LogP contribution >= 0.6 is 0 Å². The van der Waals surface area contributed by atoms with E-state index >= 15 is 0 Å². The molecule has 0 fully saturated rings. The highest BCUT2D eigenvalue weighted by Gasteiger charge is 2.09. The topological polar surface area (TPSA) is 73.3 Å². The van der Waals surface area contributed by atoms with Crippen LogP contribution < -0.4 is 0 Å². The van der Waals surface area contributed by atoms with Gasteiger partial charge in [-0.3, -0.25) is 4.18 Å². The average molecular weight is 235 g/mol. The lowest BCUT2D eigenvalue weighted by Crippen LogP contribution is -2.09. The zero-order chi connectivity index (χ0) is 10.6. The maximum atomic E-state index is 11.3. The Morgan fingerprint density at radius 2 is 2.21 bits per heavy atom. The van der Waals surface area contributed by atoms with Crippen LogP contribution in [0.4, 0.5) is 0 Å². The average Bonchev–Trinajstić information content (AvgIpc) is 2.14. The van der Waals surface area contributed by atoms with E-state index in [1.165, 1.54) is 12.3 Å².